The molecule has 0 N–H and O–H groups in total. The van der Waals surface area contributed by atoms with Crippen LogP contribution in [0, 0.1) is 0 Å². The van der Waals surface area contributed by atoms with Crippen molar-refractivity contribution in [2.75, 3.05) is 0 Å². The molecule has 0 amide bonds. The van der Waals surface area contributed by atoms with E-state index in [2.05, 4.69) is 25.4 Å². The molecule has 0 saturated carbocycles. The molecule has 0 radical (unpaired) electrons. The summed E-state index contributed by atoms with van der Waals surface area (Å²) in [4.78, 5) is 0.874. The summed E-state index contributed by atoms with van der Waals surface area (Å²) >= 11 is 0. The van der Waals surface area contributed by atoms with Gasteiger partial charge in [-0.1, -0.05) is 37.8 Å². The third kappa shape index (κ3) is 4.12. The van der Waals surface area contributed by atoms with E-state index in [1.54, 1.807) is 0 Å². The molecule has 0 aliphatic heterocycles. The van der Waals surface area contributed by atoms with E-state index in [4.69, 9.17) is 0 Å². The lowest BCUT2D eigenvalue weighted by Gasteiger charge is -2.18. The minimum absolute atomic E-state index is 0.874. The summed E-state index contributed by atoms with van der Waals surface area (Å²) < 4.78 is 13.5. The minimum Gasteiger partial charge on any atom is -0.249 e. The van der Waals surface area contributed by atoms with Gasteiger partial charge in [-0.25, -0.2) is 4.21 Å². The normalized spacial score (nSPS) is 12.8. The van der Waals surface area contributed by atoms with Crippen molar-refractivity contribution in [1.82, 2.24) is 0 Å². The molecule has 1 rings (SSSR count). The van der Waals surface area contributed by atoms with E-state index < -0.39 is 18.9 Å². The van der Waals surface area contributed by atoms with Crippen molar-refractivity contribution in [2.24, 2.45) is 0 Å². The SMILES string of the molecule is CC(C)=C=C(S(=O)c1ccccc1)[Si](C)(C)C. The highest BCUT2D eigenvalue weighted by molar-refractivity contribution is 7.91. The lowest BCUT2D eigenvalue weighted by molar-refractivity contribution is 0.687. The summed E-state index contributed by atoms with van der Waals surface area (Å²) in [5, 5.41) is 0. The van der Waals surface area contributed by atoms with Crippen LogP contribution in [0.15, 0.2) is 51.1 Å². The van der Waals surface area contributed by atoms with Gasteiger partial charge in [-0.2, -0.15) is 0 Å². The molecule has 3 heteroatoms. The number of hydrogen-bond donors (Lipinski definition) is 0. The predicted octanol–water partition coefficient (Wildman–Crippen LogP) is 4.12. The number of allylic oxidation sites excluding steroid dienone is 1. The highest BCUT2D eigenvalue weighted by Crippen LogP contribution is 2.23. The fourth-order valence-corrected chi connectivity index (χ4v) is 5.54. The molecule has 0 aliphatic carbocycles. The van der Waals surface area contributed by atoms with Gasteiger partial charge in [0.1, 0.15) is 0 Å². The average Bonchev–Trinajstić information content (AvgIpc) is 2.24. The molecule has 1 aromatic rings. The van der Waals surface area contributed by atoms with Crippen molar-refractivity contribution in [3.63, 3.8) is 0 Å². The first-order valence-corrected chi connectivity index (χ1v) is 10.4. The smallest absolute Gasteiger partial charge is 0.0996 e. The van der Waals surface area contributed by atoms with Gasteiger partial charge in [0.15, 0.2) is 0 Å². The van der Waals surface area contributed by atoms with Gasteiger partial charge in [0.05, 0.1) is 18.9 Å². The summed E-state index contributed by atoms with van der Waals surface area (Å²) in [5.74, 6) is 0. The maximum Gasteiger partial charge on any atom is 0.0996 e. The van der Waals surface area contributed by atoms with E-state index in [-0.39, 0.29) is 0 Å². The second-order valence-corrected chi connectivity index (χ2v) is 12.1. The third-order valence-corrected chi connectivity index (χ3v) is 7.24. The van der Waals surface area contributed by atoms with Crippen molar-refractivity contribution in [3.8, 4) is 0 Å². The van der Waals surface area contributed by atoms with Crippen LogP contribution in [0.5, 0.6) is 0 Å². The van der Waals surface area contributed by atoms with Gasteiger partial charge < -0.3 is 0 Å². The van der Waals surface area contributed by atoms with Gasteiger partial charge in [-0.15, -0.1) is 5.73 Å². The van der Waals surface area contributed by atoms with E-state index in [1.807, 2.05) is 44.2 Å². The van der Waals surface area contributed by atoms with Crippen LogP contribution in [0.3, 0.4) is 0 Å². The zero-order chi connectivity index (χ0) is 13.1. The Hall–Kier alpha value is -0.893. The van der Waals surface area contributed by atoms with Crippen LogP contribution in [0.1, 0.15) is 13.8 Å². The molecule has 0 saturated heterocycles. The lowest BCUT2D eigenvalue weighted by atomic mass is 10.4. The second kappa shape index (κ2) is 5.63. The van der Waals surface area contributed by atoms with Crippen molar-refractivity contribution < 1.29 is 4.21 Å². The van der Waals surface area contributed by atoms with E-state index >= 15 is 0 Å². The standard InChI is InChI=1S/C14H20OSSi/c1-12(2)11-14(17(3,4)5)16(15)13-9-7-6-8-10-13/h6-10H,1-5H3. The van der Waals surface area contributed by atoms with Gasteiger partial charge in [0.2, 0.25) is 0 Å². The largest absolute Gasteiger partial charge is 0.249 e. The fraction of sp³-hybridized carbons (Fsp3) is 0.357. The monoisotopic (exact) mass is 264 g/mol. The van der Waals surface area contributed by atoms with Crippen LogP contribution < -0.4 is 0 Å². The summed E-state index contributed by atoms with van der Waals surface area (Å²) in [5.41, 5.74) is 4.40. The van der Waals surface area contributed by atoms with E-state index in [1.165, 1.54) is 0 Å². The lowest BCUT2D eigenvalue weighted by Crippen LogP contribution is -2.26. The Balaban J connectivity index is 3.29. The molecule has 1 unspecified atom stereocenters. The van der Waals surface area contributed by atoms with Crippen molar-refractivity contribution in [3.05, 3.63) is 46.2 Å². The maximum atomic E-state index is 12.6. The molecule has 0 aromatic heterocycles. The molecular weight excluding hydrogens is 244 g/mol. The Morgan fingerprint density at radius 1 is 1.12 bits per heavy atom. The molecule has 0 aliphatic rings. The van der Waals surface area contributed by atoms with Gasteiger partial charge in [0, 0.05) is 9.42 Å². The third-order valence-electron chi connectivity index (χ3n) is 2.19. The zero-order valence-corrected chi connectivity index (χ0v) is 13.0. The molecular formula is C14H20OSSi. The topological polar surface area (TPSA) is 17.1 Å². The Bertz CT molecular complexity index is 473. The Morgan fingerprint density at radius 3 is 2.06 bits per heavy atom. The van der Waals surface area contributed by atoms with Crippen molar-refractivity contribution in [1.29, 1.82) is 0 Å². The zero-order valence-electron chi connectivity index (χ0n) is 11.2. The minimum atomic E-state index is -1.61. The average molecular weight is 264 g/mol. The summed E-state index contributed by atoms with van der Waals surface area (Å²) in [6.07, 6.45) is 0. The first-order valence-electron chi connectivity index (χ1n) is 5.74. The second-order valence-electron chi connectivity index (χ2n) is 5.29. The van der Waals surface area contributed by atoms with Crippen molar-refractivity contribution in [2.45, 2.75) is 38.4 Å². The maximum absolute atomic E-state index is 12.6. The van der Waals surface area contributed by atoms with Gasteiger partial charge in [0.25, 0.3) is 0 Å². The fourth-order valence-electron chi connectivity index (χ4n) is 1.40. The number of hydrogen-bond acceptors (Lipinski definition) is 1. The molecule has 0 spiro atoms. The molecule has 1 atom stereocenters. The van der Waals surface area contributed by atoms with Crippen LogP contribution in [0.4, 0.5) is 0 Å². The van der Waals surface area contributed by atoms with Crippen LogP contribution in [0.25, 0.3) is 0 Å². The molecule has 17 heavy (non-hydrogen) atoms. The van der Waals surface area contributed by atoms with E-state index in [0.29, 0.717) is 0 Å². The quantitative estimate of drug-likeness (QED) is 0.593. The first kappa shape index (κ1) is 14.2. The van der Waals surface area contributed by atoms with Crippen LogP contribution in [-0.2, 0) is 10.8 Å². The van der Waals surface area contributed by atoms with Gasteiger partial charge >= 0.3 is 0 Å². The molecule has 0 heterocycles. The van der Waals surface area contributed by atoms with Gasteiger partial charge in [-0.3, -0.25) is 0 Å². The van der Waals surface area contributed by atoms with Gasteiger partial charge in [-0.05, 0) is 31.6 Å². The van der Waals surface area contributed by atoms with Crippen LogP contribution in [0.2, 0.25) is 19.6 Å². The summed E-state index contributed by atoms with van der Waals surface area (Å²) in [7, 11) is -2.68. The number of benzene rings is 1. The molecule has 0 fully saturated rings. The predicted molar refractivity (Wildman–Crippen MR) is 78.1 cm³/mol. The molecule has 1 aromatic carbocycles. The highest BCUT2D eigenvalue weighted by Gasteiger charge is 2.25. The summed E-state index contributed by atoms with van der Waals surface area (Å²) in [6.45, 7) is 10.6. The van der Waals surface area contributed by atoms with E-state index in [0.717, 1.165) is 15.0 Å². The Morgan fingerprint density at radius 2 is 1.65 bits per heavy atom. The summed E-state index contributed by atoms with van der Waals surface area (Å²) in [6, 6.07) is 9.64. The Labute approximate surface area is 108 Å². The molecule has 92 valence electrons. The number of rotatable bonds is 3. The molecule has 0 bridgehead atoms. The Kier molecular flexibility index (Phi) is 4.69. The van der Waals surface area contributed by atoms with E-state index in [9.17, 15) is 4.21 Å². The van der Waals surface area contributed by atoms with Crippen molar-refractivity contribution >= 4 is 18.9 Å². The van der Waals surface area contributed by atoms with Crippen LogP contribution in [-0.4, -0.2) is 12.3 Å². The highest BCUT2D eigenvalue weighted by atomic mass is 32.2. The molecule has 1 nitrogen and oxygen atoms in total. The first-order chi connectivity index (χ1) is 7.82. The van der Waals surface area contributed by atoms with Crippen LogP contribution >= 0.6 is 0 Å².